The van der Waals surface area contributed by atoms with Crippen molar-refractivity contribution in [3.8, 4) is 0 Å². The van der Waals surface area contributed by atoms with Crippen molar-refractivity contribution in [2.45, 2.75) is 76.2 Å². The van der Waals surface area contributed by atoms with E-state index in [1.165, 1.54) is 0 Å². The number of aliphatic hydroxyl groups is 1. The highest BCUT2D eigenvalue weighted by Crippen LogP contribution is 2.45. The van der Waals surface area contributed by atoms with Gasteiger partial charge in [0, 0.05) is 0 Å². The molecule has 1 N–H and O–H groups in total. The summed E-state index contributed by atoms with van der Waals surface area (Å²) in [4.78, 5) is 12.2. The summed E-state index contributed by atoms with van der Waals surface area (Å²) in [6, 6.07) is 0. The third kappa shape index (κ3) is 2.64. The fourth-order valence-corrected chi connectivity index (χ4v) is 3.90. The molecule has 0 radical (unpaired) electrons. The monoisotopic (exact) mass is 310 g/mol. The average Bonchev–Trinajstić information content (AvgIpc) is 2.76. The Bertz CT molecular complexity index is 476. The molecule has 5 heteroatoms. The molecule has 3 heterocycles. The van der Waals surface area contributed by atoms with E-state index < -0.39 is 17.5 Å². The summed E-state index contributed by atoms with van der Waals surface area (Å²) >= 11 is 0. The highest BCUT2D eigenvalue weighted by molar-refractivity contribution is 5.92. The van der Waals surface area contributed by atoms with Gasteiger partial charge in [-0.15, -0.1) is 0 Å². The van der Waals surface area contributed by atoms with E-state index in [0.717, 1.165) is 6.42 Å². The van der Waals surface area contributed by atoms with Crippen LogP contribution in [0.5, 0.6) is 0 Å². The van der Waals surface area contributed by atoms with Crippen molar-refractivity contribution in [2.75, 3.05) is 6.61 Å². The van der Waals surface area contributed by atoms with Crippen LogP contribution in [0.25, 0.3) is 0 Å². The molecule has 5 nitrogen and oxygen atoms in total. The van der Waals surface area contributed by atoms with Crippen molar-refractivity contribution >= 4 is 5.78 Å². The molecule has 3 rings (SSSR count). The van der Waals surface area contributed by atoms with Crippen molar-refractivity contribution in [3.63, 3.8) is 0 Å². The van der Waals surface area contributed by atoms with Gasteiger partial charge in [0.05, 0.1) is 35.9 Å². The lowest BCUT2D eigenvalue weighted by atomic mass is 9.79. The minimum absolute atomic E-state index is 0.0696. The van der Waals surface area contributed by atoms with E-state index >= 15 is 0 Å². The Balaban J connectivity index is 1.73. The van der Waals surface area contributed by atoms with E-state index in [0.29, 0.717) is 25.9 Å². The van der Waals surface area contributed by atoms with Crippen LogP contribution in [-0.4, -0.2) is 47.2 Å². The summed E-state index contributed by atoms with van der Waals surface area (Å²) in [5.41, 5.74) is -1.30. The molecule has 0 bridgehead atoms. The van der Waals surface area contributed by atoms with Crippen LogP contribution in [-0.2, 0) is 19.0 Å². The molecule has 124 valence electrons. The lowest BCUT2D eigenvalue weighted by Gasteiger charge is -2.45. The highest BCUT2D eigenvalue weighted by Gasteiger charge is 2.54. The Labute approximate surface area is 131 Å². The molecule has 3 aliphatic rings. The summed E-state index contributed by atoms with van der Waals surface area (Å²) in [7, 11) is 0. The molecule has 0 aromatic rings. The van der Waals surface area contributed by atoms with Crippen molar-refractivity contribution in [2.24, 2.45) is 5.92 Å². The Morgan fingerprint density at radius 1 is 1.45 bits per heavy atom. The summed E-state index contributed by atoms with van der Waals surface area (Å²) in [6.45, 7) is 6.29. The molecule has 2 fully saturated rings. The van der Waals surface area contributed by atoms with Gasteiger partial charge in [-0.05, 0) is 45.6 Å². The second-order valence-corrected chi connectivity index (χ2v) is 7.01. The molecule has 22 heavy (non-hydrogen) atoms. The molecule has 1 unspecified atom stereocenters. The minimum Gasteiger partial charge on any atom is -0.387 e. The molecule has 3 aliphatic heterocycles. The quantitative estimate of drug-likeness (QED) is 0.845. The molecule has 0 spiro atoms. The third-order valence-electron chi connectivity index (χ3n) is 5.60. The zero-order chi connectivity index (χ0) is 16.0. The van der Waals surface area contributed by atoms with Crippen molar-refractivity contribution in [1.29, 1.82) is 0 Å². The molecule has 0 aromatic carbocycles. The first-order valence-electron chi connectivity index (χ1n) is 8.25. The summed E-state index contributed by atoms with van der Waals surface area (Å²) in [6.07, 6.45) is 5.19. The summed E-state index contributed by atoms with van der Waals surface area (Å²) in [5.74, 6) is -0.185. The van der Waals surface area contributed by atoms with Gasteiger partial charge in [-0.2, -0.15) is 0 Å². The van der Waals surface area contributed by atoms with Crippen molar-refractivity contribution < 1.29 is 24.1 Å². The number of hydrogen-bond donors (Lipinski definition) is 1. The topological polar surface area (TPSA) is 65.0 Å². The summed E-state index contributed by atoms with van der Waals surface area (Å²) < 4.78 is 17.8. The second kappa shape index (κ2) is 5.71. The SMILES string of the molecule is CC[C@@]1(O)CC[C@H]([C@]2(C)CC3C(=O)C=CCO[C@H]3O2)O[C@H]1C. The number of fused-ring (bicyclic) bond motifs is 1. The molecule has 0 aromatic heterocycles. The zero-order valence-electron chi connectivity index (χ0n) is 13.6. The fourth-order valence-electron chi connectivity index (χ4n) is 3.90. The Kier molecular flexibility index (Phi) is 4.18. The smallest absolute Gasteiger partial charge is 0.168 e. The molecule has 0 amide bonds. The first kappa shape index (κ1) is 16.1. The van der Waals surface area contributed by atoms with Gasteiger partial charge >= 0.3 is 0 Å². The van der Waals surface area contributed by atoms with Gasteiger partial charge < -0.3 is 19.3 Å². The fraction of sp³-hybridized carbons (Fsp3) is 0.824. The van der Waals surface area contributed by atoms with Crippen LogP contribution in [0.2, 0.25) is 0 Å². The molecule has 0 saturated carbocycles. The van der Waals surface area contributed by atoms with E-state index in [2.05, 4.69) is 0 Å². The van der Waals surface area contributed by atoms with Gasteiger partial charge in [0.2, 0.25) is 0 Å². The van der Waals surface area contributed by atoms with E-state index in [4.69, 9.17) is 14.2 Å². The van der Waals surface area contributed by atoms with Gasteiger partial charge in [0.25, 0.3) is 0 Å². The normalized spacial score (nSPS) is 49.0. The minimum atomic E-state index is -0.759. The average molecular weight is 310 g/mol. The van der Waals surface area contributed by atoms with Gasteiger partial charge in [-0.3, -0.25) is 4.79 Å². The lowest BCUT2D eigenvalue weighted by molar-refractivity contribution is -0.245. The van der Waals surface area contributed by atoms with Crippen LogP contribution in [0, 0.1) is 5.92 Å². The van der Waals surface area contributed by atoms with Crippen molar-refractivity contribution in [3.05, 3.63) is 12.2 Å². The van der Waals surface area contributed by atoms with Crippen LogP contribution in [0.15, 0.2) is 12.2 Å². The van der Waals surface area contributed by atoms with Gasteiger partial charge in [-0.1, -0.05) is 13.0 Å². The summed E-state index contributed by atoms with van der Waals surface area (Å²) in [5, 5.41) is 10.5. The third-order valence-corrected chi connectivity index (χ3v) is 5.60. The number of allylic oxidation sites excluding steroid dienone is 1. The lowest BCUT2D eigenvalue weighted by Crippen LogP contribution is -2.54. The zero-order valence-corrected chi connectivity index (χ0v) is 13.6. The number of carbonyl (C=O) groups is 1. The number of rotatable bonds is 2. The molecular weight excluding hydrogens is 284 g/mol. The predicted octanol–water partition coefficient (Wildman–Crippen LogP) is 1.97. The van der Waals surface area contributed by atoms with Crippen LogP contribution in [0.1, 0.15) is 46.5 Å². The standard InChI is InChI=1S/C17H26O5/c1-4-17(19)8-7-14(21-11(17)2)16(3)10-12-13(18)6-5-9-20-15(12)22-16/h5-6,11-12,14-15,19H,4,7-10H2,1-3H3/t11-,12?,14+,15-,16-,17+/m0/s1. The van der Waals surface area contributed by atoms with E-state index in [9.17, 15) is 9.90 Å². The highest BCUT2D eigenvalue weighted by atomic mass is 16.7. The molecule has 0 aliphatic carbocycles. The van der Waals surface area contributed by atoms with Crippen molar-refractivity contribution in [1.82, 2.24) is 0 Å². The maximum Gasteiger partial charge on any atom is 0.168 e. The molecule has 2 saturated heterocycles. The second-order valence-electron chi connectivity index (χ2n) is 7.01. The maximum absolute atomic E-state index is 12.2. The van der Waals surface area contributed by atoms with Crippen LogP contribution in [0.4, 0.5) is 0 Å². The number of ketones is 1. The Morgan fingerprint density at radius 2 is 2.23 bits per heavy atom. The molecular formula is C17H26O5. The van der Waals surface area contributed by atoms with Crippen LogP contribution < -0.4 is 0 Å². The van der Waals surface area contributed by atoms with Crippen LogP contribution >= 0.6 is 0 Å². The van der Waals surface area contributed by atoms with E-state index in [-0.39, 0.29) is 23.9 Å². The number of hydrogen-bond acceptors (Lipinski definition) is 5. The van der Waals surface area contributed by atoms with E-state index in [1.54, 1.807) is 12.2 Å². The van der Waals surface area contributed by atoms with Gasteiger partial charge in [0.1, 0.15) is 0 Å². The van der Waals surface area contributed by atoms with Gasteiger partial charge in [0.15, 0.2) is 12.1 Å². The number of carbonyl (C=O) groups excluding carboxylic acids is 1. The first-order valence-corrected chi connectivity index (χ1v) is 8.25. The molecule has 6 atom stereocenters. The first-order chi connectivity index (χ1) is 10.4. The van der Waals surface area contributed by atoms with E-state index in [1.807, 2.05) is 20.8 Å². The van der Waals surface area contributed by atoms with Gasteiger partial charge in [-0.25, -0.2) is 0 Å². The maximum atomic E-state index is 12.2. The van der Waals surface area contributed by atoms with Crippen LogP contribution in [0.3, 0.4) is 0 Å². The number of ether oxygens (including phenoxy) is 3. The predicted molar refractivity (Wildman–Crippen MR) is 80.3 cm³/mol. The Hall–Kier alpha value is -0.750. The Morgan fingerprint density at radius 3 is 2.91 bits per heavy atom. The largest absolute Gasteiger partial charge is 0.387 e.